The number of halogens is 1. The minimum absolute atomic E-state index is 0.471. The Kier molecular flexibility index (Phi) is 7.65. The summed E-state index contributed by atoms with van der Waals surface area (Å²) >= 11 is 5.97. The second-order valence-electron chi connectivity index (χ2n) is 9.08. The lowest BCUT2D eigenvalue weighted by Crippen LogP contribution is -2.38. The van der Waals surface area contributed by atoms with Crippen LogP contribution in [0.15, 0.2) is 72.9 Å². The van der Waals surface area contributed by atoms with Gasteiger partial charge < -0.3 is 0 Å². The molecule has 3 heteroatoms. The monoisotopic (exact) mass is 454 g/mol. The van der Waals surface area contributed by atoms with Crippen LogP contribution in [-0.2, 0) is 0 Å². The van der Waals surface area contributed by atoms with Gasteiger partial charge in [-0.25, -0.2) is 4.98 Å². The van der Waals surface area contributed by atoms with Crippen molar-refractivity contribution < 1.29 is 0 Å². The van der Waals surface area contributed by atoms with E-state index in [9.17, 15) is 0 Å². The standard InChI is InChI=1S/C30H31ClN2/c1-22-16-18-33(19-17-22)24(3)20-23(2)26-7-4-25(5-8-26)6-14-30-15-11-28(21-32-30)27-9-12-29(31)13-10-27/h4-5,7-13,15,20-22,24H,16-19H2,1-3H3/b23-20+/t24-/m0/s1. The average molecular weight is 455 g/mol. The lowest BCUT2D eigenvalue weighted by molar-refractivity contribution is 0.169. The van der Waals surface area contributed by atoms with E-state index in [1.165, 1.54) is 37.1 Å². The number of aromatic nitrogens is 1. The summed E-state index contributed by atoms with van der Waals surface area (Å²) in [6, 6.07) is 20.8. The van der Waals surface area contributed by atoms with Gasteiger partial charge in [0.2, 0.25) is 0 Å². The summed E-state index contributed by atoms with van der Waals surface area (Å²) in [6.07, 6.45) is 6.87. The molecule has 1 aliphatic rings. The lowest BCUT2D eigenvalue weighted by atomic mass is 9.97. The number of benzene rings is 2. The van der Waals surface area contributed by atoms with Crippen LogP contribution in [0.1, 0.15) is 50.4 Å². The van der Waals surface area contributed by atoms with Crippen molar-refractivity contribution in [3.8, 4) is 23.0 Å². The third kappa shape index (κ3) is 6.35. The number of hydrogen-bond acceptors (Lipinski definition) is 2. The zero-order valence-corrected chi connectivity index (χ0v) is 20.4. The van der Waals surface area contributed by atoms with Gasteiger partial charge in [0.25, 0.3) is 0 Å². The molecule has 2 heterocycles. The fraction of sp³-hybridized carbons (Fsp3) is 0.300. The molecule has 4 rings (SSSR count). The van der Waals surface area contributed by atoms with Crippen molar-refractivity contribution in [2.24, 2.45) is 5.92 Å². The summed E-state index contributed by atoms with van der Waals surface area (Å²) in [5.74, 6) is 7.27. The molecule has 1 aliphatic heterocycles. The number of piperidine rings is 1. The van der Waals surface area contributed by atoms with Crippen molar-refractivity contribution in [2.75, 3.05) is 13.1 Å². The topological polar surface area (TPSA) is 16.1 Å². The molecule has 33 heavy (non-hydrogen) atoms. The maximum absolute atomic E-state index is 5.97. The smallest absolute Gasteiger partial charge is 0.113 e. The number of rotatable bonds is 4. The Morgan fingerprint density at radius 2 is 1.64 bits per heavy atom. The normalized spacial score (nSPS) is 16.2. The summed E-state index contributed by atoms with van der Waals surface area (Å²) in [7, 11) is 0. The van der Waals surface area contributed by atoms with E-state index < -0.39 is 0 Å². The van der Waals surface area contributed by atoms with Crippen LogP contribution < -0.4 is 0 Å². The largest absolute Gasteiger partial charge is 0.297 e. The molecule has 1 fully saturated rings. The van der Waals surface area contributed by atoms with Crippen LogP contribution in [0.3, 0.4) is 0 Å². The Balaban J connectivity index is 1.39. The first-order valence-corrected chi connectivity index (χ1v) is 12.1. The molecule has 168 valence electrons. The van der Waals surface area contributed by atoms with Gasteiger partial charge >= 0.3 is 0 Å². The Hall–Kier alpha value is -2.86. The van der Waals surface area contributed by atoms with E-state index in [2.05, 4.69) is 72.8 Å². The average Bonchev–Trinajstić information content (AvgIpc) is 2.84. The highest BCUT2D eigenvalue weighted by Crippen LogP contribution is 2.22. The molecular formula is C30H31ClN2. The van der Waals surface area contributed by atoms with Crippen molar-refractivity contribution >= 4 is 17.2 Å². The maximum Gasteiger partial charge on any atom is 0.113 e. The summed E-state index contributed by atoms with van der Waals surface area (Å²) in [5, 5.41) is 0.733. The van der Waals surface area contributed by atoms with Gasteiger partial charge in [0.1, 0.15) is 5.69 Å². The molecule has 0 unspecified atom stereocenters. The van der Waals surface area contributed by atoms with Crippen molar-refractivity contribution in [3.05, 3.63) is 94.8 Å². The maximum atomic E-state index is 5.97. The predicted molar refractivity (Wildman–Crippen MR) is 140 cm³/mol. The van der Waals surface area contributed by atoms with Crippen LogP contribution in [0.2, 0.25) is 5.02 Å². The second-order valence-corrected chi connectivity index (χ2v) is 9.51. The first-order valence-electron chi connectivity index (χ1n) is 11.7. The Morgan fingerprint density at radius 1 is 0.970 bits per heavy atom. The third-order valence-electron chi connectivity index (χ3n) is 6.50. The first kappa shape index (κ1) is 23.3. The molecule has 1 saturated heterocycles. The van der Waals surface area contributed by atoms with Gasteiger partial charge in [0, 0.05) is 28.4 Å². The minimum atomic E-state index is 0.471. The highest BCUT2D eigenvalue weighted by atomic mass is 35.5. The van der Waals surface area contributed by atoms with E-state index >= 15 is 0 Å². The zero-order chi connectivity index (χ0) is 23.2. The van der Waals surface area contributed by atoms with Crippen LogP contribution in [0.4, 0.5) is 0 Å². The van der Waals surface area contributed by atoms with Gasteiger partial charge in [0.05, 0.1) is 0 Å². The Bertz CT molecular complexity index is 1140. The summed E-state index contributed by atoms with van der Waals surface area (Å²) in [5.41, 5.74) is 6.47. The number of likely N-dealkylation sites (tertiary alicyclic amines) is 1. The van der Waals surface area contributed by atoms with Crippen LogP contribution in [-0.4, -0.2) is 29.0 Å². The van der Waals surface area contributed by atoms with E-state index in [-0.39, 0.29) is 0 Å². The molecule has 3 aromatic rings. The van der Waals surface area contributed by atoms with Crippen molar-refractivity contribution in [3.63, 3.8) is 0 Å². The summed E-state index contributed by atoms with van der Waals surface area (Å²) in [4.78, 5) is 7.09. The van der Waals surface area contributed by atoms with Gasteiger partial charge in [0.15, 0.2) is 0 Å². The fourth-order valence-electron chi connectivity index (χ4n) is 4.23. The van der Waals surface area contributed by atoms with Gasteiger partial charge in [-0.3, -0.25) is 4.90 Å². The first-order chi connectivity index (χ1) is 16.0. The lowest BCUT2D eigenvalue weighted by Gasteiger charge is -2.34. The molecular weight excluding hydrogens is 424 g/mol. The third-order valence-corrected chi connectivity index (χ3v) is 6.75. The van der Waals surface area contributed by atoms with Crippen molar-refractivity contribution in [2.45, 2.75) is 39.7 Å². The summed E-state index contributed by atoms with van der Waals surface area (Å²) < 4.78 is 0. The molecule has 1 aromatic heterocycles. The second kappa shape index (κ2) is 10.8. The number of allylic oxidation sites excluding steroid dienone is 1. The molecule has 0 aliphatic carbocycles. The van der Waals surface area contributed by atoms with Crippen LogP contribution in [0.5, 0.6) is 0 Å². The van der Waals surface area contributed by atoms with Gasteiger partial charge in [-0.15, -0.1) is 0 Å². The van der Waals surface area contributed by atoms with Crippen LogP contribution in [0.25, 0.3) is 16.7 Å². The molecule has 0 bridgehead atoms. The highest BCUT2D eigenvalue weighted by Gasteiger charge is 2.19. The van der Waals surface area contributed by atoms with Crippen LogP contribution in [0, 0.1) is 17.8 Å². The molecule has 2 aromatic carbocycles. The number of pyridine rings is 1. The van der Waals surface area contributed by atoms with Gasteiger partial charge in [-0.05, 0) is 98.6 Å². The van der Waals surface area contributed by atoms with E-state index in [1.54, 1.807) is 0 Å². The van der Waals surface area contributed by atoms with Crippen molar-refractivity contribution in [1.29, 1.82) is 0 Å². The molecule has 0 saturated carbocycles. The Labute approximate surface area is 203 Å². The fourth-order valence-corrected chi connectivity index (χ4v) is 4.36. The van der Waals surface area contributed by atoms with E-state index in [1.807, 2.05) is 42.6 Å². The quantitative estimate of drug-likeness (QED) is 0.384. The molecule has 1 atom stereocenters. The zero-order valence-electron chi connectivity index (χ0n) is 19.7. The predicted octanol–water partition coefficient (Wildman–Crippen LogP) is 7.33. The summed E-state index contributed by atoms with van der Waals surface area (Å²) in [6.45, 7) is 9.28. The van der Waals surface area contributed by atoms with E-state index in [0.717, 1.165) is 33.3 Å². The van der Waals surface area contributed by atoms with Gasteiger partial charge in [-0.2, -0.15) is 0 Å². The molecule has 0 radical (unpaired) electrons. The van der Waals surface area contributed by atoms with E-state index in [4.69, 9.17) is 11.6 Å². The number of hydrogen-bond donors (Lipinski definition) is 0. The molecule has 2 nitrogen and oxygen atoms in total. The number of nitrogens with zero attached hydrogens (tertiary/aromatic N) is 2. The van der Waals surface area contributed by atoms with Crippen LogP contribution >= 0.6 is 11.6 Å². The SMILES string of the molecule is C/C(=C\[C@H](C)N1CCC(C)CC1)c1ccc(C#Cc2ccc(-c3ccc(Cl)cc3)cn2)cc1. The minimum Gasteiger partial charge on any atom is -0.297 e. The molecule has 0 N–H and O–H groups in total. The van der Waals surface area contributed by atoms with E-state index in [0.29, 0.717) is 6.04 Å². The van der Waals surface area contributed by atoms with Gasteiger partial charge in [-0.1, -0.05) is 60.9 Å². The molecule has 0 spiro atoms. The highest BCUT2D eigenvalue weighted by molar-refractivity contribution is 6.30. The van der Waals surface area contributed by atoms with Crippen molar-refractivity contribution in [1.82, 2.24) is 9.88 Å². The Morgan fingerprint density at radius 3 is 2.27 bits per heavy atom. The molecule has 0 amide bonds.